The number of amides is 3. The van der Waals surface area contributed by atoms with Crippen molar-refractivity contribution in [3.63, 3.8) is 0 Å². The standard InChI is InChI=1S/C40H59N3O8/c1-7-14-30(38(48)32(44)19-20-34(46)41-36(40(50)42(5)6)29-17-12-9-13-18-29)23-33(45)37-27(4)21-22-43(37)39(49)31(28-15-10-8-11-16-28)24-35(47)51-25-26(2)3/h9,12-13,17-18,26-28,30-31,36-37H,7-8,10-11,14-16,19-25H2,1-6H3,(H,41,46)/t27-,30?,31-,36-,37-/m0/s1. The molecule has 3 amide bonds. The fraction of sp³-hybridized carbons (Fsp3) is 0.675. The smallest absolute Gasteiger partial charge is 0.306 e. The van der Waals surface area contributed by atoms with Crippen LogP contribution in [0.25, 0.3) is 0 Å². The number of nitrogens with one attached hydrogen (secondary N) is 1. The van der Waals surface area contributed by atoms with Crippen molar-refractivity contribution in [1.82, 2.24) is 15.1 Å². The summed E-state index contributed by atoms with van der Waals surface area (Å²) in [5.74, 6) is -4.53. The predicted octanol–water partition coefficient (Wildman–Crippen LogP) is 5.25. The highest BCUT2D eigenvalue weighted by molar-refractivity contribution is 6.38. The van der Waals surface area contributed by atoms with Gasteiger partial charge in [-0.2, -0.15) is 0 Å². The molecule has 11 nitrogen and oxygen atoms in total. The number of carbonyl (C=O) groups excluding carboxylic acids is 7. The summed E-state index contributed by atoms with van der Waals surface area (Å²) in [6.45, 7) is 8.38. The maximum Gasteiger partial charge on any atom is 0.306 e. The Hall–Kier alpha value is -3.89. The van der Waals surface area contributed by atoms with Crippen molar-refractivity contribution < 1.29 is 38.3 Å². The summed E-state index contributed by atoms with van der Waals surface area (Å²) in [7, 11) is 3.17. The number of esters is 1. The van der Waals surface area contributed by atoms with Crippen LogP contribution in [0, 0.1) is 29.6 Å². The molecule has 3 rings (SSSR count). The van der Waals surface area contributed by atoms with E-state index in [9.17, 15) is 33.6 Å². The average molecular weight is 710 g/mol. The van der Waals surface area contributed by atoms with Crippen molar-refractivity contribution in [3.8, 4) is 0 Å². The Morgan fingerprint density at radius 3 is 2.20 bits per heavy atom. The minimum Gasteiger partial charge on any atom is -0.465 e. The van der Waals surface area contributed by atoms with Gasteiger partial charge in [-0.15, -0.1) is 0 Å². The van der Waals surface area contributed by atoms with Gasteiger partial charge in [-0.25, -0.2) is 0 Å². The second kappa shape index (κ2) is 20.2. The highest BCUT2D eigenvalue weighted by atomic mass is 16.5. The van der Waals surface area contributed by atoms with Crippen LogP contribution < -0.4 is 5.32 Å². The number of rotatable bonds is 19. The Kier molecular flexibility index (Phi) is 16.5. The molecule has 51 heavy (non-hydrogen) atoms. The summed E-state index contributed by atoms with van der Waals surface area (Å²) in [5, 5.41) is 2.69. The molecule has 1 heterocycles. The summed E-state index contributed by atoms with van der Waals surface area (Å²) in [6, 6.07) is 7.10. The lowest BCUT2D eigenvalue weighted by Gasteiger charge is -2.35. The molecular weight excluding hydrogens is 650 g/mol. The van der Waals surface area contributed by atoms with E-state index in [1.807, 2.05) is 27.7 Å². The van der Waals surface area contributed by atoms with Gasteiger partial charge in [0.25, 0.3) is 0 Å². The van der Waals surface area contributed by atoms with Crippen molar-refractivity contribution in [2.45, 2.75) is 117 Å². The van der Waals surface area contributed by atoms with Crippen LogP contribution in [0.4, 0.5) is 0 Å². The minimum absolute atomic E-state index is 0.0174. The van der Waals surface area contributed by atoms with Crippen LogP contribution in [-0.2, 0) is 38.3 Å². The molecule has 1 unspecified atom stereocenters. The molecule has 5 atom stereocenters. The normalized spacial score (nSPS) is 19.5. The molecule has 2 aliphatic rings. The van der Waals surface area contributed by atoms with E-state index in [0.717, 1.165) is 32.1 Å². The molecule has 1 aromatic carbocycles. The SMILES string of the molecule is CCCC(CC(=O)[C@@H]1[C@@H](C)CCN1C(=O)[C@@H](CC(=O)OCC(C)C)C1CCCCC1)C(=O)C(=O)CCC(=O)N[C@H](C(=O)N(C)C)c1ccccc1. The summed E-state index contributed by atoms with van der Waals surface area (Å²) in [5.41, 5.74) is 0.596. The van der Waals surface area contributed by atoms with Gasteiger partial charge in [0.2, 0.25) is 23.5 Å². The maximum atomic E-state index is 14.2. The molecule has 0 radical (unpaired) electrons. The van der Waals surface area contributed by atoms with Crippen LogP contribution in [0.5, 0.6) is 0 Å². The number of hydrogen-bond donors (Lipinski definition) is 1. The van der Waals surface area contributed by atoms with Gasteiger partial charge >= 0.3 is 5.97 Å². The maximum absolute atomic E-state index is 14.2. The molecule has 1 N–H and O–H groups in total. The average Bonchev–Trinajstić information content (AvgIpc) is 3.51. The molecule has 0 bridgehead atoms. The molecule has 1 aliphatic carbocycles. The lowest BCUT2D eigenvalue weighted by Crippen LogP contribution is -2.48. The Morgan fingerprint density at radius 1 is 0.922 bits per heavy atom. The number of likely N-dealkylation sites (tertiary alicyclic amines) is 1. The number of ether oxygens (including phenoxy) is 1. The fourth-order valence-electron chi connectivity index (χ4n) is 7.43. The monoisotopic (exact) mass is 709 g/mol. The molecule has 0 aromatic heterocycles. The third kappa shape index (κ3) is 12.1. The zero-order chi connectivity index (χ0) is 37.7. The van der Waals surface area contributed by atoms with Crippen molar-refractivity contribution >= 4 is 41.0 Å². The van der Waals surface area contributed by atoms with Crippen LogP contribution >= 0.6 is 0 Å². The van der Waals surface area contributed by atoms with Gasteiger partial charge < -0.3 is 19.9 Å². The van der Waals surface area contributed by atoms with Gasteiger partial charge in [0.05, 0.1) is 25.0 Å². The van der Waals surface area contributed by atoms with Crippen LogP contribution in [0.3, 0.4) is 0 Å². The number of Topliss-reactive ketones (excluding diaryl/α,β-unsaturated/α-hetero) is 3. The van der Waals surface area contributed by atoms with Crippen LogP contribution in [0.2, 0.25) is 0 Å². The predicted molar refractivity (Wildman–Crippen MR) is 193 cm³/mol. The number of nitrogens with zero attached hydrogens (tertiary/aromatic N) is 2. The summed E-state index contributed by atoms with van der Waals surface area (Å²) >= 11 is 0. The fourth-order valence-corrected chi connectivity index (χ4v) is 7.43. The highest BCUT2D eigenvalue weighted by Crippen LogP contribution is 2.36. The first-order chi connectivity index (χ1) is 24.2. The Labute approximate surface area is 303 Å². The van der Waals surface area contributed by atoms with E-state index in [1.165, 1.54) is 4.90 Å². The van der Waals surface area contributed by atoms with E-state index in [4.69, 9.17) is 4.74 Å². The molecule has 282 valence electrons. The molecule has 1 aromatic rings. The van der Waals surface area contributed by atoms with Gasteiger partial charge in [-0.1, -0.05) is 83.7 Å². The molecule has 1 aliphatic heterocycles. The Balaban J connectivity index is 1.68. The van der Waals surface area contributed by atoms with Gasteiger partial charge in [0, 0.05) is 45.8 Å². The Morgan fingerprint density at radius 2 is 1.59 bits per heavy atom. The van der Waals surface area contributed by atoms with E-state index >= 15 is 0 Å². The molecule has 11 heteroatoms. The number of benzene rings is 1. The van der Waals surface area contributed by atoms with E-state index in [1.54, 1.807) is 49.3 Å². The van der Waals surface area contributed by atoms with Gasteiger partial charge in [0.1, 0.15) is 6.04 Å². The molecule has 1 saturated carbocycles. The Bertz CT molecular complexity index is 1370. The largest absolute Gasteiger partial charge is 0.465 e. The minimum atomic E-state index is -0.938. The van der Waals surface area contributed by atoms with E-state index in [-0.39, 0.29) is 67.6 Å². The lowest BCUT2D eigenvalue weighted by atomic mass is 9.77. The zero-order valence-corrected chi connectivity index (χ0v) is 31.5. The second-order valence-electron chi connectivity index (χ2n) is 15.1. The number of carbonyl (C=O) groups is 7. The molecule has 1 saturated heterocycles. The van der Waals surface area contributed by atoms with Gasteiger partial charge in [-0.3, -0.25) is 33.6 Å². The van der Waals surface area contributed by atoms with Crippen molar-refractivity contribution in [2.75, 3.05) is 27.2 Å². The van der Waals surface area contributed by atoms with Crippen molar-refractivity contribution in [1.29, 1.82) is 0 Å². The van der Waals surface area contributed by atoms with E-state index in [2.05, 4.69) is 5.32 Å². The summed E-state index contributed by atoms with van der Waals surface area (Å²) in [6.07, 6.45) is 5.45. The van der Waals surface area contributed by atoms with Crippen molar-refractivity contribution in [3.05, 3.63) is 35.9 Å². The first-order valence-electron chi connectivity index (χ1n) is 18.9. The zero-order valence-electron chi connectivity index (χ0n) is 31.5. The number of hydrogen-bond acceptors (Lipinski definition) is 8. The van der Waals surface area contributed by atoms with Crippen LogP contribution in [0.1, 0.15) is 116 Å². The van der Waals surface area contributed by atoms with Crippen LogP contribution in [-0.4, -0.2) is 84.1 Å². The third-order valence-corrected chi connectivity index (χ3v) is 10.2. The summed E-state index contributed by atoms with van der Waals surface area (Å²) in [4.78, 5) is 96.3. The van der Waals surface area contributed by atoms with Gasteiger partial charge in [0.15, 0.2) is 11.6 Å². The summed E-state index contributed by atoms with van der Waals surface area (Å²) < 4.78 is 5.47. The quantitative estimate of drug-likeness (QED) is 0.151. The molecule has 0 spiro atoms. The van der Waals surface area contributed by atoms with E-state index < -0.39 is 47.4 Å². The lowest BCUT2D eigenvalue weighted by molar-refractivity contribution is -0.153. The third-order valence-electron chi connectivity index (χ3n) is 10.2. The topological polar surface area (TPSA) is 147 Å². The number of likely N-dealkylation sites (N-methyl/N-ethyl adjacent to an activating group) is 1. The highest BCUT2D eigenvalue weighted by Gasteiger charge is 2.44. The number of ketones is 3. The first kappa shape index (κ1) is 41.5. The molecular formula is C40H59N3O8. The van der Waals surface area contributed by atoms with E-state index in [0.29, 0.717) is 31.4 Å². The second-order valence-corrected chi connectivity index (χ2v) is 15.1. The molecule has 2 fully saturated rings. The first-order valence-corrected chi connectivity index (χ1v) is 18.9. The van der Waals surface area contributed by atoms with Crippen LogP contribution in [0.15, 0.2) is 30.3 Å². The van der Waals surface area contributed by atoms with Crippen molar-refractivity contribution in [2.24, 2.45) is 29.6 Å². The van der Waals surface area contributed by atoms with Gasteiger partial charge in [-0.05, 0) is 49.0 Å².